The lowest BCUT2D eigenvalue weighted by Crippen LogP contribution is -2.47. The van der Waals surface area contributed by atoms with E-state index in [9.17, 15) is 0 Å². The van der Waals surface area contributed by atoms with Crippen molar-refractivity contribution in [2.75, 3.05) is 19.3 Å². The molecule has 2 heteroatoms. The van der Waals surface area contributed by atoms with Gasteiger partial charge in [-0.05, 0) is 45.1 Å². The zero-order chi connectivity index (χ0) is 16.8. The van der Waals surface area contributed by atoms with Crippen LogP contribution in [0.2, 0.25) is 18.1 Å². The first-order chi connectivity index (χ1) is 11.3. The van der Waals surface area contributed by atoms with Gasteiger partial charge in [-0.3, -0.25) is 0 Å². The Hall–Kier alpha value is -0.0831. The molecule has 1 aliphatic heterocycles. The molecule has 0 aromatic rings. The van der Waals surface area contributed by atoms with E-state index < -0.39 is 8.07 Å². The minimum Gasteiger partial charge on any atom is -0.306 e. The van der Waals surface area contributed by atoms with E-state index in [0.29, 0.717) is 0 Å². The first-order valence-corrected chi connectivity index (χ1v) is 13.4. The van der Waals surface area contributed by atoms with E-state index >= 15 is 0 Å². The van der Waals surface area contributed by atoms with Gasteiger partial charge in [0.2, 0.25) is 0 Å². The van der Waals surface area contributed by atoms with Gasteiger partial charge in [-0.2, -0.15) is 0 Å². The van der Waals surface area contributed by atoms with E-state index in [4.69, 9.17) is 0 Å². The summed E-state index contributed by atoms with van der Waals surface area (Å²) in [5.41, 5.74) is 0. The van der Waals surface area contributed by atoms with Crippen LogP contribution >= 0.6 is 0 Å². The van der Waals surface area contributed by atoms with E-state index in [-0.39, 0.29) is 0 Å². The molecule has 23 heavy (non-hydrogen) atoms. The number of allylic oxidation sites excluding steroid dienone is 2. The number of hydrogen-bond acceptors (Lipinski definition) is 1. The van der Waals surface area contributed by atoms with E-state index in [1.807, 2.05) is 0 Å². The van der Waals surface area contributed by atoms with Crippen LogP contribution in [-0.4, -0.2) is 32.2 Å². The van der Waals surface area contributed by atoms with Crippen LogP contribution < -0.4 is 0 Å². The number of rotatable bonds is 8. The maximum atomic E-state index is 2.90. The monoisotopic (exact) mass is 337 g/mol. The van der Waals surface area contributed by atoms with Crippen molar-refractivity contribution in [3.05, 3.63) is 12.2 Å². The molecule has 0 atom stereocenters. The molecular weight excluding hydrogens is 294 g/mol. The molecule has 1 saturated heterocycles. The topological polar surface area (TPSA) is 3.24 Å². The van der Waals surface area contributed by atoms with Gasteiger partial charge in [0.1, 0.15) is 0 Å². The zero-order valence-electron chi connectivity index (χ0n) is 16.4. The largest absolute Gasteiger partial charge is 0.306 e. The van der Waals surface area contributed by atoms with Crippen molar-refractivity contribution in [3.63, 3.8) is 0 Å². The summed E-state index contributed by atoms with van der Waals surface area (Å²) in [6, 6.07) is 4.48. The highest BCUT2D eigenvalue weighted by atomic mass is 28.3. The molecule has 1 nitrogen and oxygen atoms in total. The lowest BCUT2D eigenvalue weighted by atomic mass is 10.1. The fraction of sp³-hybridized carbons (Fsp3) is 0.905. The van der Waals surface area contributed by atoms with Crippen LogP contribution in [0.25, 0.3) is 0 Å². The predicted octanol–water partition coefficient (Wildman–Crippen LogP) is 6.81. The van der Waals surface area contributed by atoms with Crippen LogP contribution in [0.3, 0.4) is 0 Å². The van der Waals surface area contributed by atoms with Crippen LogP contribution in [0.5, 0.6) is 0 Å². The molecular formula is C21H43NSi. The molecule has 1 heterocycles. The second-order valence-corrected chi connectivity index (χ2v) is 12.6. The average Bonchev–Trinajstić information content (AvgIpc) is 2.60. The molecule has 0 saturated carbocycles. The molecule has 136 valence electrons. The third kappa shape index (κ3) is 9.10. The van der Waals surface area contributed by atoms with Crippen LogP contribution in [0.4, 0.5) is 0 Å². The van der Waals surface area contributed by atoms with Crippen molar-refractivity contribution in [3.8, 4) is 0 Å². The summed E-state index contributed by atoms with van der Waals surface area (Å²) in [5, 5.41) is 0. The van der Waals surface area contributed by atoms with Gasteiger partial charge in [-0.25, -0.2) is 0 Å². The first kappa shape index (κ1) is 21.0. The van der Waals surface area contributed by atoms with Crippen LogP contribution in [0.15, 0.2) is 12.2 Å². The maximum absolute atomic E-state index is 2.90. The van der Waals surface area contributed by atoms with Gasteiger partial charge in [0.25, 0.3) is 0 Å². The van der Waals surface area contributed by atoms with Gasteiger partial charge in [0.15, 0.2) is 0 Å². The Bertz CT molecular complexity index is 282. The van der Waals surface area contributed by atoms with E-state index in [1.165, 1.54) is 102 Å². The second kappa shape index (κ2) is 13.2. The fourth-order valence-corrected chi connectivity index (χ4v) is 9.68. The average molecular weight is 338 g/mol. The molecule has 0 N–H and O–H groups in total. The molecule has 0 bridgehead atoms. The van der Waals surface area contributed by atoms with Crippen LogP contribution in [0.1, 0.15) is 85.0 Å². The Labute approximate surface area is 147 Å². The summed E-state index contributed by atoms with van der Waals surface area (Å²) in [6.45, 7) is 9.75. The molecule has 0 aliphatic carbocycles. The second-order valence-electron chi connectivity index (χ2n) is 7.88. The molecule has 0 unspecified atom stereocenters. The predicted molar refractivity (Wildman–Crippen MR) is 109 cm³/mol. The summed E-state index contributed by atoms with van der Waals surface area (Å²) in [4.78, 5) is 2.90. The minimum atomic E-state index is -1.15. The Kier molecular flexibility index (Phi) is 12.1. The van der Waals surface area contributed by atoms with E-state index in [1.54, 1.807) is 0 Å². The zero-order valence-corrected chi connectivity index (χ0v) is 17.4. The molecule has 0 amide bonds. The van der Waals surface area contributed by atoms with Gasteiger partial charge in [-0.15, -0.1) is 0 Å². The third-order valence-electron chi connectivity index (χ3n) is 5.60. The number of nitrogens with zero attached hydrogens (tertiary/aromatic N) is 1. The van der Waals surface area contributed by atoms with Crippen molar-refractivity contribution in [1.82, 2.24) is 4.90 Å². The Morgan fingerprint density at radius 3 is 1.70 bits per heavy atom. The SMILES string of the molecule is C/C=C/C[Si](CCC)(CCC)CN1CCCCCCCCCC1. The van der Waals surface area contributed by atoms with Gasteiger partial charge in [0, 0.05) is 0 Å². The summed E-state index contributed by atoms with van der Waals surface area (Å²) in [6.07, 6.45) is 20.7. The summed E-state index contributed by atoms with van der Waals surface area (Å²) in [7, 11) is -1.15. The summed E-state index contributed by atoms with van der Waals surface area (Å²) in [5.74, 6) is 0. The summed E-state index contributed by atoms with van der Waals surface area (Å²) < 4.78 is 0. The molecule has 0 spiro atoms. The van der Waals surface area contributed by atoms with Crippen molar-refractivity contribution >= 4 is 8.07 Å². The van der Waals surface area contributed by atoms with Crippen molar-refractivity contribution in [1.29, 1.82) is 0 Å². The highest BCUT2D eigenvalue weighted by molar-refractivity contribution is 6.80. The van der Waals surface area contributed by atoms with Gasteiger partial charge in [0.05, 0.1) is 8.07 Å². The van der Waals surface area contributed by atoms with E-state index in [2.05, 4.69) is 37.8 Å². The molecule has 0 aromatic heterocycles. The standard InChI is InChI=1S/C21H43NSi/c1-4-7-20-23(18-5-2,19-6-3)21-22-16-14-12-10-8-9-11-13-15-17-22/h4,7H,5-6,8-21H2,1-3H3/b7-4+. The Morgan fingerprint density at radius 2 is 1.26 bits per heavy atom. The number of hydrogen-bond donors (Lipinski definition) is 0. The smallest absolute Gasteiger partial charge is 0.0727 e. The summed E-state index contributed by atoms with van der Waals surface area (Å²) >= 11 is 0. The lowest BCUT2D eigenvalue weighted by molar-refractivity contribution is 0.297. The highest BCUT2D eigenvalue weighted by Gasteiger charge is 2.31. The Morgan fingerprint density at radius 1 is 0.783 bits per heavy atom. The van der Waals surface area contributed by atoms with Crippen molar-refractivity contribution in [2.45, 2.75) is 103 Å². The van der Waals surface area contributed by atoms with Crippen LogP contribution in [-0.2, 0) is 0 Å². The lowest BCUT2D eigenvalue weighted by Gasteiger charge is -2.36. The Balaban J connectivity index is 2.69. The van der Waals surface area contributed by atoms with E-state index in [0.717, 1.165) is 0 Å². The molecule has 0 aromatic carbocycles. The molecule has 1 fully saturated rings. The molecule has 1 rings (SSSR count). The van der Waals surface area contributed by atoms with Crippen molar-refractivity contribution < 1.29 is 0 Å². The van der Waals surface area contributed by atoms with Crippen molar-refractivity contribution in [2.24, 2.45) is 0 Å². The quantitative estimate of drug-likeness (QED) is 0.347. The highest BCUT2D eigenvalue weighted by Crippen LogP contribution is 2.27. The fourth-order valence-electron chi connectivity index (χ4n) is 4.46. The maximum Gasteiger partial charge on any atom is 0.0727 e. The third-order valence-corrected chi connectivity index (χ3v) is 10.9. The minimum absolute atomic E-state index is 1.15. The van der Waals surface area contributed by atoms with Gasteiger partial charge in [-0.1, -0.05) is 89.5 Å². The van der Waals surface area contributed by atoms with Gasteiger partial charge >= 0.3 is 0 Å². The van der Waals surface area contributed by atoms with Crippen LogP contribution in [0, 0.1) is 0 Å². The molecule has 0 radical (unpaired) electrons. The first-order valence-electron chi connectivity index (χ1n) is 10.6. The van der Waals surface area contributed by atoms with Gasteiger partial charge < -0.3 is 4.90 Å². The molecule has 1 aliphatic rings. The normalized spacial score (nSPS) is 19.8.